The molecule has 1 aromatic heterocycles. The molecule has 1 N–H and O–H groups in total. The van der Waals surface area contributed by atoms with Crippen LogP contribution >= 0.6 is 0 Å². The lowest BCUT2D eigenvalue weighted by Crippen LogP contribution is -2.39. The predicted octanol–water partition coefficient (Wildman–Crippen LogP) is 3.80. The van der Waals surface area contributed by atoms with Crippen LogP contribution in [-0.2, 0) is 5.41 Å². The van der Waals surface area contributed by atoms with Crippen molar-refractivity contribution in [3.8, 4) is 5.75 Å². The van der Waals surface area contributed by atoms with Gasteiger partial charge in [0.05, 0.1) is 7.11 Å². The van der Waals surface area contributed by atoms with Crippen LogP contribution in [0.15, 0.2) is 34.9 Å². The summed E-state index contributed by atoms with van der Waals surface area (Å²) in [5.74, 6) is 2.02. The molecule has 1 amide bonds. The van der Waals surface area contributed by atoms with Gasteiger partial charge in [-0.05, 0) is 43.4 Å². The van der Waals surface area contributed by atoms with Crippen LogP contribution in [-0.4, -0.2) is 24.7 Å². The highest BCUT2D eigenvalue weighted by atomic mass is 16.5. The summed E-state index contributed by atoms with van der Waals surface area (Å²) < 4.78 is 10.6. The molecular weight excluding hydrogens is 316 g/mol. The Labute approximate surface area is 147 Å². The SMILES string of the molecule is COc1ccc(C2(CNC(=O)c3cc(C4CC4)on3)CCCC2)cc1. The monoisotopic (exact) mass is 340 g/mol. The number of hydrogen-bond donors (Lipinski definition) is 1. The van der Waals surface area contributed by atoms with Gasteiger partial charge in [0.1, 0.15) is 11.5 Å². The van der Waals surface area contributed by atoms with E-state index in [0.717, 1.165) is 37.2 Å². The van der Waals surface area contributed by atoms with Crippen LogP contribution in [0.25, 0.3) is 0 Å². The fraction of sp³-hybridized carbons (Fsp3) is 0.500. The average Bonchev–Trinajstić information content (AvgIpc) is 3.19. The van der Waals surface area contributed by atoms with Crippen molar-refractivity contribution in [1.29, 1.82) is 0 Å². The number of benzene rings is 1. The zero-order chi connectivity index (χ0) is 17.3. The summed E-state index contributed by atoms with van der Waals surface area (Å²) in [6, 6.07) is 10.0. The van der Waals surface area contributed by atoms with E-state index in [1.165, 1.54) is 18.4 Å². The summed E-state index contributed by atoms with van der Waals surface area (Å²) in [6.45, 7) is 0.629. The second-order valence-electron chi connectivity index (χ2n) is 7.29. The van der Waals surface area contributed by atoms with Gasteiger partial charge >= 0.3 is 0 Å². The minimum atomic E-state index is -0.143. The van der Waals surface area contributed by atoms with E-state index >= 15 is 0 Å². The van der Waals surface area contributed by atoms with Gasteiger partial charge < -0.3 is 14.6 Å². The molecule has 5 nitrogen and oxygen atoms in total. The van der Waals surface area contributed by atoms with E-state index < -0.39 is 0 Å². The van der Waals surface area contributed by atoms with Crippen LogP contribution in [0.2, 0.25) is 0 Å². The van der Waals surface area contributed by atoms with E-state index in [1.807, 2.05) is 12.1 Å². The molecular formula is C20H24N2O3. The number of hydrogen-bond acceptors (Lipinski definition) is 4. The van der Waals surface area contributed by atoms with Crippen LogP contribution in [0.5, 0.6) is 5.75 Å². The summed E-state index contributed by atoms with van der Waals surface area (Å²) in [5.41, 5.74) is 1.67. The van der Waals surface area contributed by atoms with E-state index in [1.54, 1.807) is 13.2 Å². The zero-order valence-electron chi connectivity index (χ0n) is 14.6. The minimum Gasteiger partial charge on any atom is -0.497 e. The Bertz CT molecular complexity index is 741. The summed E-state index contributed by atoms with van der Waals surface area (Å²) in [5, 5.41) is 7.03. The van der Waals surface area contributed by atoms with Gasteiger partial charge in [0.25, 0.3) is 5.91 Å². The standard InChI is InChI=1S/C20H24N2O3/c1-24-16-8-6-15(7-9-16)20(10-2-3-11-20)13-21-19(23)17-12-18(25-22-17)14-4-5-14/h6-9,12,14H,2-5,10-11,13H2,1H3,(H,21,23). The highest BCUT2D eigenvalue weighted by Crippen LogP contribution is 2.41. The molecule has 4 rings (SSSR count). The summed E-state index contributed by atoms with van der Waals surface area (Å²) >= 11 is 0. The first-order valence-electron chi connectivity index (χ1n) is 9.09. The molecule has 2 saturated carbocycles. The average molecular weight is 340 g/mol. The smallest absolute Gasteiger partial charge is 0.273 e. The van der Waals surface area contributed by atoms with Crippen molar-refractivity contribution in [2.24, 2.45) is 0 Å². The van der Waals surface area contributed by atoms with Gasteiger partial charge in [-0.25, -0.2) is 0 Å². The van der Waals surface area contributed by atoms with Crippen molar-refractivity contribution in [3.63, 3.8) is 0 Å². The third-order valence-electron chi connectivity index (χ3n) is 5.59. The van der Waals surface area contributed by atoms with E-state index in [0.29, 0.717) is 18.2 Å². The molecule has 0 saturated heterocycles. The first-order chi connectivity index (χ1) is 12.2. The second kappa shape index (κ2) is 6.54. The van der Waals surface area contributed by atoms with Gasteiger partial charge in [0.2, 0.25) is 0 Å². The maximum atomic E-state index is 12.5. The number of nitrogens with zero attached hydrogens (tertiary/aromatic N) is 1. The number of ether oxygens (including phenoxy) is 1. The van der Waals surface area contributed by atoms with Crippen molar-refractivity contribution >= 4 is 5.91 Å². The van der Waals surface area contributed by atoms with Crippen molar-refractivity contribution in [3.05, 3.63) is 47.3 Å². The Kier molecular flexibility index (Phi) is 4.24. The van der Waals surface area contributed by atoms with Gasteiger partial charge in [0, 0.05) is 23.9 Å². The molecule has 2 fully saturated rings. The maximum absolute atomic E-state index is 12.5. The third-order valence-corrected chi connectivity index (χ3v) is 5.59. The van der Waals surface area contributed by atoms with Crippen molar-refractivity contribution in [2.75, 3.05) is 13.7 Å². The van der Waals surface area contributed by atoms with Crippen molar-refractivity contribution < 1.29 is 14.1 Å². The fourth-order valence-electron chi connectivity index (χ4n) is 3.86. The number of nitrogens with one attached hydrogen (secondary N) is 1. The first kappa shape index (κ1) is 16.2. The number of aromatic nitrogens is 1. The third kappa shape index (κ3) is 3.28. The highest BCUT2D eigenvalue weighted by molar-refractivity contribution is 5.92. The van der Waals surface area contributed by atoms with Crippen molar-refractivity contribution in [1.82, 2.24) is 10.5 Å². The number of rotatable bonds is 6. The van der Waals surface area contributed by atoms with E-state index in [4.69, 9.17) is 9.26 Å². The summed E-state index contributed by atoms with van der Waals surface area (Å²) in [6.07, 6.45) is 6.83. The lowest BCUT2D eigenvalue weighted by atomic mass is 9.78. The number of methoxy groups -OCH3 is 1. The van der Waals surface area contributed by atoms with E-state index in [9.17, 15) is 4.79 Å². The minimum absolute atomic E-state index is 0.00495. The van der Waals surface area contributed by atoms with Crippen LogP contribution < -0.4 is 10.1 Å². The molecule has 0 spiro atoms. The number of carbonyl (C=O) groups excluding carboxylic acids is 1. The second-order valence-corrected chi connectivity index (χ2v) is 7.29. The molecule has 0 aliphatic heterocycles. The highest BCUT2D eigenvalue weighted by Gasteiger charge is 2.36. The van der Waals surface area contributed by atoms with Crippen LogP contribution in [0.3, 0.4) is 0 Å². The summed E-state index contributed by atoms with van der Waals surface area (Å²) in [4.78, 5) is 12.5. The Morgan fingerprint density at radius 3 is 2.64 bits per heavy atom. The van der Waals surface area contributed by atoms with Gasteiger partial charge in [0.15, 0.2) is 5.69 Å². The molecule has 1 aromatic carbocycles. The van der Waals surface area contributed by atoms with Gasteiger partial charge in [-0.3, -0.25) is 4.79 Å². The number of carbonyl (C=O) groups is 1. The first-order valence-corrected chi connectivity index (χ1v) is 9.09. The number of amides is 1. The van der Waals surface area contributed by atoms with Gasteiger partial charge in [-0.2, -0.15) is 0 Å². The lowest BCUT2D eigenvalue weighted by Gasteiger charge is -2.30. The molecule has 1 heterocycles. The molecule has 25 heavy (non-hydrogen) atoms. The molecule has 0 atom stereocenters. The predicted molar refractivity (Wildman–Crippen MR) is 94.0 cm³/mol. The molecule has 0 unspecified atom stereocenters. The van der Waals surface area contributed by atoms with E-state index in [-0.39, 0.29) is 11.3 Å². The topological polar surface area (TPSA) is 64.4 Å². The van der Waals surface area contributed by atoms with Crippen LogP contribution in [0, 0.1) is 0 Å². The molecule has 132 valence electrons. The van der Waals surface area contributed by atoms with Gasteiger partial charge in [-0.15, -0.1) is 0 Å². The Morgan fingerprint density at radius 1 is 1.28 bits per heavy atom. The maximum Gasteiger partial charge on any atom is 0.273 e. The molecule has 0 radical (unpaired) electrons. The lowest BCUT2D eigenvalue weighted by molar-refractivity contribution is 0.0934. The fourth-order valence-corrected chi connectivity index (χ4v) is 3.86. The quantitative estimate of drug-likeness (QED) is 0.868. The normalized spacial score (nSPS) is 18.9. The summed E-state index contributed by atoms with van der Waals surface area (Å²) in [7, 11) is 1.67. The molecule has 0 bridgehead atoms. The molecule has 2 aliphatic rings. The Hall–Kier alpha value is -2.30. The Morgan fingerprint density at radius 2 is 2.00 bits per heavy atom. The zero-order valence-corrected chi connectivity index (χ0v) is 14.6. The Balaban J connectivity index is 1.46. The van der Waals surface area contributed by atoms with E-state index in [2.05, 4.69) is 22.6 Å². The molecule has 2 aromatic rings. The van der Waals surface area contributed by atoms with Gasteiger partial charge in [-0.1, -0.05) is 30.1 Å². The molecule has 2 aliphatic carbocycles. The van der Waals surface area contributed by atoms with Crippen LogP contribution in [0.4, 0.5) is 0 Å². The molecule has 5 heteroatoms. The van der Waals surface area contributed by atoms with Crippen LogP contribution in [0.1, 0.15) is 66.3 Å². The largest absolute Gasteiger partial charge is 0.497 e. The van der Waals surface area contributed by atoms with Crippen molar-refractivity contribution in [2.45, 2.75) is 49.9 Å².